The van der Waals surface area contributed by atoms with Gasteiger partial charge in [0.05, 0.1) is 11.3 Å². The summed E-state index contributed by atoms with van der Waals surface area (Å²) in [5.41, 5.74) is 0.141. The van der Waals surface area contributed by atoms with E-state index in [1.54, 1.807) is 0 Å². The first-order valence-corrected chi connectivity index (χ1v) is 8.93. The normalized spacial score (nSPS) is 14.2. The van der Waals surface area contributed by atoms with Crippen LogP contribution in [0.3, 0.4) is 0 Å². The fourth-order valence-electron chi connectivity index (χ4n) is 2.85. The number of hydrogen-bond donors (Lipinski definition) is 2. The Hall–Kier alpha value is -2.97. The standard InChI is InChI=1S/C18H23N3O6/c22-16(20-14-4-2-1-3-5-14)12-27-17(23)10-11-19-18(24)13-6-8-15(9-7-13)21(25)26/h6-9,14H,1-5,10-12H2,(H,19,24)(H,20,22). The van der Waals surface area contributed by atoms with Gasteiger partial charge in [-0.15, -0.1) is 0 Å². The fraction of sp³-hybridized carbons (Fsp3) is 0.500. The third-order valence-electron chi connectivity index (χ3n) is 4.29. The average molecular weight is 377 g/mol. The summed E-state index contributed by atoms with van der Waals surface area (Å²) in [5, 5.41) is 15.9. The van der Waals surface area contributed by atoms with Gasteiger partial charge >= 0.3 is 5.97 Å². The zero-order valence-corrected chi connectivity index (χ0v) is 14.9. The summed E-state index contributed by atoms with van der Waals surface area (Å²) in [4.78, 5) is 45.3. The highest BCUT2D eigenvalue weighted by Gasteiger charge is 2.16. The molecule has 0 saturated heterocycles. The minimum Gasteiger partial charge on any atom is -0.456 e. The van der Waals surface area contributed by atoms with Crippen LogP contribution in [-0.4, -0.2) is 41.9 Å². The summed E-state index contributed by atoms with van der Waals surface area (Å²) >= 11 is 0. The molecule has 1 aromatic carbocycles. The molecule has 2 rings (SSSR count). The van der Waals surface area contributed by atoms with Gasteiger partial charge in [0.2, 0.25) is 0 Å². The number of nitrogens with zero attached hydrogens (tertiary/aromatic N) is 1. The zero-order valence-electron chi connectivity index (χ0n) is 14.9. The summed E-state index contributed by atoms with van der Waals surface area (Å²) in [7, 11) is 0. The van der Waals surface area contributed by atoms with Gasteiger partial charge in [-0.2, -0.15) is 0 Å². The molecule has 0 radical (unpaired) electrons. The molecule has 27 heavy (non-hydrogen) atoms. The van der Waals surface area contributed by atoms with E-state index in [2.05, 4.69) is 10.6 Å². The molecule has 2 amide bonds. The van der Waals surface area contributed by atoms with Crippen molar-refractivity contribution in [2.45, 2.75) is 44.6 Å². The topological polar surface area (TPSA) is 128 Å². The van der Waals surface area contributed by atoms with Crippen LogP contribution in [0.5, 0.6) is 0 Å². The maximum absolute atomic E-state index is 11.9. The second-order valence-electron chi connectivity index (χ2n) is 6.37. The largest absolute Gasteiger partial charge is 0.456 e. The molecular weight excluding hydrogens is 354 g/mol. The van der Waals surface area contributed by atoms with Crippen LogP contribution in [0.2, 0.25) is 0 Å². The Morgan fingerprint density at radius 1 is 1.11 bits per heavy atom. The Morgan fingerprint density at radius 3 is 2.41 bits per heavy atom. The molecule has 2 N–H and O–H groups in total. The lowest BCUT2D eigenvalue weighted by Gasteiger charge is -2.22. The molecule has 1 saturated carbocycles. The van der Waals surface area contributed by atoms with Gasteiger partial charge in [-0.1, -0.05) is 19.3 Å². The molecule has 1 fully saturated rings. The van der Waals surface area contributed by atoms with Crippen molar-refractivity contribution in [2.75, 3.05) is 13.2 Å². The minimum atomic E-state index is -0.585. The number of amides is 2. The first-order valence-electron chi connectivity index (χ1n) is 8.93. The smallest absolute Gasteiger partial charge is 0.308 e. The number of rotatable bonds is 8. The molecule has 0 unspecified atom stereocenters. The van der Waals surface area contributed by atoms with Crippen LogP contribution in [0.15, 0.2) is 24.3 Å². The van der Waals surface area contributed by atoms with Crippen molar-refractivity contribution in [1.82, 2.24) is 10.6 Å². The van der Waals surface area contributed by atoms with Crippen LogP contribution in [0.1, 0.15) is 48.9 Å². The highest BCUT2D eigenvalue weighted by Crippen LogP contribution is 2.17. The maximum Gasteiger partial charge on any atom is 0.308 e. The van der Waals surface area contributed by atoms with Crippen molar-refractivity contribution in [1.29, 1.82) is 0 Å². The van der Waals surface area contributed by atoms with Gasteiger partial charge in [0.15, 0.2) is 6.61 Å². The molecule has 0 heterocycles. The number of esters is 1. The van der Waals surface area contributed by atoms with Crippen molar-refractivity contribution >= 4 is 23.5 Å². The quantitative estimate of drug-likeness (QED) is 0.403. The van der Waals surface area contributed by atoms with E-state index in [9.17, 15) is 24.5 Å². The van der Waals surface area contributed by atoms with Crippen LogP contribution in [0.4, 0.5) is 5.69 Å². The number of carbonyl (C=O) groups is 3. The summed E-state index contributed by atoms with van der Waals surface area (Å²) in [6.07, 6.45) is 5.21. The first-order chi connectivity index (χ1) is 13.0. The number of nitro groups is 1. The highest BCUT2D eigenvalue weighted by molar-refractivity contribution is 5.94. The van der Waals surface area contributed by atoms with Crippen molar-refractivity contribution in [3.05, 3.63) is 39.9 Å². The Labute approximate surface area is 156 Å². The van der Waals surface area contributed by atoms with E-state index in [-0.39, 0.29) is 42.8 Å². The van der Waals surface area contributed by atoms with E-state index in [4.69, 9.17) is 4.74 Å². The lowest BCUT2D eigenvalue weighted by molar-refractivity contribution is -0.384. The SMILES string of the molecule is O=C(COC(=O)CCNC(=O)c1ccc([N+](=O)[O-])cc1)NC1CCCCC1. The lowest BCUT2D eigenvalue weighted by atomic mass is 9.95. The van der Waals surface area contributed by atoms with Gasteiger partial charge in [0, 0.05) is 30.3 Å². The minimum absolute atomic E-state index is 0.0406. The summed E-state index contributed by atoms with van der Waals surface area (Å²) in [6.45, 7) is -0.287. The van der Waals surface area contributed by atoms with Gasteiger partial charge in [0.25, 0.3) is 17.5 Å². The van der Waals surface area contributed by atoms with Crippen molar-refractivity contribution in [3.8, 4) is 0 Å². The number of ether oxygens (including phenoxy) is 1. The zero-order chi connectivity index (χ0) is 19.6. The second kappa shape index (κ2) is 10.2. The van der Waals surface area contributed by atoms with Gasteiger partial charge < -0.3 is 15.4 Å². The van der Waals surface area contributed by atoms with Gasteiger partial charge in [-0.25, -0.2) is 0 Å². The number of benzene rings is 1. The van der Waals surface area contributed by atoms with Crippen molar-refractivity contribution in [3.63, 3.8) is 0 Å². The molecule has 0 aliphatic heterocycles. The Balaban J connectivity index is 1.62. The van der Waals surface area contributed by atoms with Crippen LogP contribution in [0, 0.1) is 10.1 Å². The lowest BCUT2D eigenvalue weighted by Crippen LogP contribution is -2.38. The molecule has 0 spiro atoms. The predicted octanol–water partition coefficient (Wildman–Crippen LogP) is 1.71. The maximum atomic E-state index is 11.9. The molecule has 0 atom stereocenters. The summed E-state index contributed by atoms with van der Waals surface area (Å²) in [5.74, 6) is -1.35. The molecule has 1 aliphatic rings. The van der Waals surface area contributed by atoms with Gasteiger partial charge in [-0.05, 0) is 25.0 Å². The van der Waals surface area contributed by atoms with E-state index >= 15 is 0 Å². The van der Waals surface area contributed by atoms with Crippen LogP contribution in [0.25, 0.3) is 0 Å². The van der Waals surface area contributed by atoms with E-state index in [1.165, 1.54) is 30.7 Å². The number of nitrogens with one attached hydrogen (secondary N) is 2. The third-order valence-corrected chi connectivity index (χ3v) is 4.29. The van der Waals surface area contributed by atoms with Gasteiger partial charge in [-0.3, -0.25) is 24.5 Å². The first kappa shape index (κ1) is 20.3. The van der Waals surface area contributed by atoms with Crippen LogP contribution in [-0.2, 0) is 14.3 Å². The number of non-ortho nitro benzene ring substituents is 1. The van der Waals surface area contributed by atoms with E-state index in [0.717, 1.165) is 25.7 Å². The molecule has 9 nitrogen and oxygen atoms in total. The number of carbonyl (C=O) groups excluding carboxylic acids is 3. The monoisotopic (exact) mass is 377 g/mol. The number of hydrogen-bond acceptors (Lipinski definition) is 6. The highest BCUT2D eigenvalue weighted by atomic mass is 16.6. The fourth-order valence-corrected chi connectivity index (χ4v) is 2.85. The molecule has 0 aromatic heterocycles. The second-order valence-corrected chi connectivity index (χ2v) is 6.37. The van der Waals surface area contributed by atoms with E-state index < -0.39 is 16.8 Å². The van der Waals surface area contributed by atoms with Crippen molar-refractivity contribution in [2.24, 2.45) is 0 Å². The molecule has 1 aromatic rings. The number of nitro benzene ring substituents is 1. The van der Waals surface area contributed by atoms with E-state index in [0.29, 0.717) is 0 Å². The van der Waals surface area contributed by atoms with Crippen LogP contribution < -0.4 is 10.6 Å². The molecule has 1 aliphatic carbocycles. The van der Waals surface area contributed by atoms with Crippen molar-refractivity contribution < 1.29 is 24.0 Å². The Kier molecular flexibility index (Phi) is 7.72. The molecular formula is C18H23N3O6. The van der Waals surface area contributed by atoms with Crippen LogP contribution >= 0.6 is 0 Å². The summed E-state index contributed by atoms with van der Waals surface area (Å²) < 4.78 is 4.90. The van der Waals surface area contributed by atoms with E-state index in [1.807, 2.05) is 0 Å². The Bertz CT molecular complexity index is 683. The predicted molar refractivity (Wildman–Crippen MR) is 96.0 cm³/mol. The summed E-state index contributed by atoms with van der Waals surface area (Å²) in [6, 6.07) is 5.29. The Morgan fingerprint density at radius 2 is 1.78 bits per heavy atom. The molecule has 9 heteroatoms. The average Bonchev–Trinajstić information content (AvgIpc) is 2.67. The van der Waals surface area contributed by atoms with Gasteiger partial charge in [0.1, 0.15) is 0 Å². The third kappa shape index (κ3) is 7.04. The molecule has 146 valence electrons. The molecule has 0 bridgehead atoms.